The normalized spacial score (nSPS) is 11.3. The molecule has 3 N–H and O–H groups in total. The number of benzene rings is 2. The second kappa shape index (κ2) is 8.50. The van der Waals surface area contributed by atoms with Crippen molar-refractivity contribution in [3.05, 3.63) is 59.7 Å². The zero-order valence-corrected chi connectivity index (χ0v) is 15.2. The Hall–Kier alpha value is -2.84. The van der Waals surface area contributed by atoms with Crippen LogP contribution in [0.5, 0.6) is 11.5 Å². The first kappa shape index (κ1) is 19.5. The van der Waals surface area contributed by atoms with Gasteiger partial charge < -0.3 is 15.2 Å². The van der Waals surface area contributed by atoms with Gasteiger partial charge in [-0.15, -0.1) is 0 Å². The van der Waals surface area contributed by atoms with Crippen molar-refractivity contribution in [2.45, 2.75) is 11.4 Å². The van der Waals surface area contributed by atoms with Crippen molar-refractivity contribution in [3.8, 4) is 11.5 Å². The molecule has 0 heterocycles. The summed E-state index contributed by atoms with van der Waals surface area (Å²) in [6.07, 6.45) is 2.61. The smallest absolute Gasteiger partial charge is 0.264 e. The minimum Gasteiger partial charge on any atom is -0.493 e. The third-order valence-electron chi connectivity index (χ3n) is 3.54. The molecule has 0 fully saturated rings. The van der Waals surface area contributed by atoms with E-state index in [4.69, 9.17) is 15.2 Å². The lowest BCUT2D eigenvalue weighted by Gasteiger charge is -2.08. The fourth-order valence-electron chi connectivity index (χ4n) is 2.16. The summed E-state index contributed by atoms with van der Waals surface area (Å²) >= 11 is 0. The number of carbonyl (C=O) groups excluding carboxylic acids is 1. The molecule has 0 aliphatic carbocycles. The highest BCUT2D eigenvalue weighted by Crippen LogP contribution is 2.27. The van der Waals surface area contributed by atoms with E-state index < -0.39 is 15.9 Å². The quantitative estimate of drug-likeness (QED) is 0.712. The third kappa shape index (κ3) is 4.84. The summed E-state index contributed by atoms with van der Waals surface area (Å²) in [5, 5.41) is 0. The minimum absolute atomic E-state index is 0.0115. The molecule has 0 aromatic heterocycles. The van der Waals surface area contributed by atoms with Crippen LogP contribution in [-0.4, -0.2) is 28.5 Å². The van der Waals surface area contributed by atoms with Gasteiger partial charge in [-0.05, 0) is 41.5 Å². The number of hydrogen-bond donors (Lipinski definition) is 2. The van der Waals surface area contributed by atoms with Crippen molar-refractivity contribution in [2.75, 3.05) is 14.2 Å². The second-order valence-corrected chi connectivity index (χ2v) is 6.95. The van der Waals surface area contributed by atoms with Gasteiger partial charge in [0.25, 0.3) is 15.9 Å². The average molecular weight is 376 g/mol. The van der Waals surface area contributed by atoms with E-state index in [9.17, 15) is 13.2 Å². The van der Waals surface area contributed by atoms with Gasteiger partial charge in [0, 0.05) is 12.6 Å². The first-order valence-corrected chi connectivity index (χ1v) is 9.14. The maximum Gasteiger partial charge on any atom is 0.264 e. The highest BCUT2D eigenvalue weighted by Gasteiger charge is 2.16. The Bertz CT molecular complexity index is 906. The summed E-state index contributed by atoms with van der Waals surface area (Å²) in [6, 6.07) is 11.1. The van der Waals surface area contributed by atoms with Gasteiger partial charge >= 0.3 is 0 Å². The molecule has 2 aromatic rings. The van der Waals surface area contributed by atoms with Crippen LogP contribution in [0.2, 0.25) is 0 Å². The van der Waals surface area contributed by atoms with Gasteiger partial charge in [-0.25, -0.2) is 13.1 Å². The maximum atomic E-state index is 12.2. The highest BCUT2D eigenvalue weighted by molar-refractivity contribution is 7.90. The molecule has 0 aliphatic rings. The van der Waals surface area contributed by atoms with E-state index in [1.54, 1.807) is 30.3 Å². The highest BCUT2D eigenvalue weighted by atomic mass is 32.2. The molecule has 0 atom stereocenters. The molecule has 0 saturated heterocycles. The van der Waals surface area contributed by atoms with Gasteiger partial charge in [-0.1, -0.05) is 18.2 Å². The van der Waals surface area contributed by atoms with Crippen LogP contribution >= 0.6 is 0 Å². The Labute approximate surface area is 152 Å². The second-order valence-electron chi connectivity index (χ2n) is 5.27. The minimum atomic E-state index is -3.95. The van der Waals surface area contributed by atoms with Crippen LogP contribution in [0.1, 0.15) is 11.1 Å². The van der Waals surface area contributed by atoms with Crippen molar-refractivity contribution in [1.29, 1.82) is 0 Å². The van der Waals surface area contributed by atoms with Gasteiger partial charge in [-0.3, -0.25) is 4.79 Å². The number of rotatable bonds is 7. The zero-order valence-electron chi connectivity index (χ0n) is 14.4. The summed E-state index contributed by atoms with van der Waals surface area (Å²) in [5.41, 5.74) is 6.93. The van der Waals surface area contributed by atoms with Gasteiger partial charge in [0.05, 0.1) is 19.1 Å². The summed E-state index contributed by atoms with van der Waals surface area (Å²) in [7, 11) is -0.929. The molecular formula is C18H20N2O5S. The number of nitrogens with one attached hydrogen (secondary N) is 1. The topological polar surface area (TPSA) is 108 Å². The number of carbonyl (C=O) groups is 1. The molecular weight excluding hydrogens is 356 g/mol. The van der Waals surface area contributed by atoms with E-state index in [-0.39, 0.29) is 4.90 Å². The number of ether oxygens (including phenoxy) is 2. The number of amides is 1. The fourth-order valence-corrected chi connectivity index (χ4v) is 3.10. The van der Waals surface area contributed by atoms with E-state index in [0.29, 0.717) is 23.6 Å². The van der Waals surface area contributed by atoms with E-state index in [1.807, 2.05) is 4.72 Å². The van der Waals surface area contributed by atoms with Crippen LogP contribution in [0, 0.1) is 0 Å². The summed E-state index contributed by atoms with van der Waals surface area (Å²) in [6.45, 7) is 0.306. The summed E-state index contributed by atoms with van der Waals surface area (Å²) in [4.78, 5) is 11.9. The van der Waals surface area contributed by atoms with E-state index in [2.05, 4.69) is 0 Å². The lowest BCUT2D eigenvalue weighted by Crippen LogP contribution is -2.28. The Balaban J connectivity index is 2.10. The standard InChI is InChI=1S/C18H20N2O5S/c1-24-16-9-5-13(11-17(16)25-2)6-10-18(21)20-26(22,23)15-7-3-14(12-19)4-8-15/h3-11H,12,19H2,1-2H3,(H,20,21)/b10-6+. The van der Waals surface area contributed by atoms with Gasteiger partial charge in [0.2, 0.25) is 0 Å². The van der Waals surface area contributed by atoms with E-state index in [0.717, 1.165) is 11.6 Å². The summed E-state index contributed by atoms with van der Waals surface area (Å²) in [5.74, 6) is 0.294. The fraction of sp³-hybridized carbons (Fsp3) is 0.167. The van der Waals surface area contributed by atoms with Crippen LogP contribution < -0.4 is 19.9 Å². The first-order chi connectivity index (χ1) is 12.4. The van der Waals surface area contributed by atoms with Crippen molar-refractivity contribution >= 4 is 22.0 Å². The molecule has 138 valence electrons. The largest absolute Gasteiger partial charge is 0.493 e. The Kier molecular flexibility index (Phi) is 6.37. The molecule has 0 radical (unpaired) electrons. The molecule has 8 heteroatoms. The van der Waals surface area contributed by atoms with Crippen molar-refractivity contribution in [2.24, 2.45) is 5.73 Å². The SMILES string of the molecule is COc1ccc(/C=C/C(=O)NS(=O)(=O)c2ccc(CN)cc2)cc1OC. The molecule has 0 saturated carbocycles. The van der Waals surface area contributed by atoms with E-state index in [1.165, 1.54) is 32.4 Å². The monoisotopic (exact) mass is 376 g/mol. The zero-order chi connectivity index (χ0) is 19.2. The Morgan fingerprint density at radius 1 is 1.08 bits per heavy atom. The van der Waals surface area contributed by atoms with Crippen LogP contribution in [0.25, 0.3) is 6.08 Å². The van der Waals surface area contributed by atoms with Crippen LogP contribution in [0.4, 0.5) is 0 Å². The predicted octanol–water partition coefficient (Wildman–Crippen LogP) is 1.68. The Morgan fingerprint density at radius 3 is 2.31 bits per heavy atom. The first-order valence-electron chi connectivity index (χ1n) is 7.65. The number of sulfonamides is 1. The average Bonchev–Trinajstić information content (AvgIpc) is 2.65. The molecule has 0 spiro atoms. The van der Waals surface area contributed by atoms with Crippen molar-refractivity contribution in [3.63, 3.8) is 0 Å². The molecule has 0 unspecified atom stereocenters. The van der Waals surface area contributed by atoms with Crippen LogP contribution in [0.15, 0.2) is 53.4 Å². The van der Waals surface area contributed by atoms with Gasteiger partial charge in [0.15, 0.2) is 11.5 Å². The van der Waals surface area contributed by atoms with Crippen LogP contribution in [0.3, 0.4) is 0 Å². The molecule has 7 nitrogen and oxygen atoms in total. The Morgan fingerprint density at radius 2 is 1.73 bits per heavy atom. The molecule has 1 amide bonds. The number of methoxy groups -OCH3 is 2. The van der Waals surface area contributed by atoms with Crippen molar-refractivity contribution < 1.29 is 22.7 Å². The molecule has 2 rings (SSSR count). The van der Waals surface area contributed by atoms with E-state index >= 15 is 0 Å². The summed E-state index contributed by atoms with van der Waals surface area (Å²) < 4.78 is 36.7. The number of nitrogens with two attached hydrogens (primary N) is 1. The predicted molar refractivity (Wildman–Crippen MR) is 98.2 cm³/mol. The maximum absolute atomic E-state index is 12.2. The molecule has 2 aromatic carbocycles. The molecule has 0 aliphatic heterocycles. The lowest BCUT2D eigenvalue weighted by atomic mass is 10.2. The van der Waals surface area contributed by atoms with Gasteiger partial charge in [-0.2, -0.15) is 0 Å². The molecule has 26 heavy (non-hydrogen) atoms. The lowest BCUT2D eigenvalue weighted by molar-refractivity contribution is -0.114. The van der Waals surface area contributed by atoms with Crippen molar-refractivity contribution in [1.82, 2.24) is 4.72 Å². The third-order valence-corrected chi connectivity index (χ3v) is 4.90. The number of hydrogen-bond acceptors (Lipinski definition) is 6. The van der Waals surface area contributed by atoms with Crippen LogP contribution in [-0.2, 0) is 21.4 Å². The molecule has 0 bridgehead atoms. The van der Waals surface area contributed by atoms with Gasteiger partial charge in [0.1, 0.15) is 0 Å².